The van der Waals surface area contributed by atoms with Gasteiger partial charge in [0.1, 0.15) is 5.60 Å². The van der Waals surface area contributed by atoms with Crippen molar-refractivity contribution in [3.63, 3.8) is 0 Å². The summed E-state index contributed by atoms with van der Waals surface area (Å²) in [6, 6.07) is 0. The molecule has 0 heterocycles. The fourth-order valence-corrected chi connectivity index (χ4v) is 5.46. The summed E-state index contributed by atoms with van der Waals surface area (Å²) in [5, 5.41) is 0. The molecule has 0 atom stereocenters. The molecule has 0 N–H and O–H groups in total. The van der Waals surface area contributed by atoms with Crippen molar-refractivity contribution in [3.05, 3.63) is 0 Å². The highest BCUT2D eigenvalue weighted by molar-refractivity contribution is 5.80. The first-order valence-corrected chi connectivity index (χ1v) is 9.45. The highest BCUT2D eigenvalue weighted by atomic mass is 19.4. The van der Waals surface area contributed by atoms with E-state index >= 15 is 0 Å². The zero-order valence-corrected chi connectivity index (χ0v) is 15.5. The van der Waals surface area contributed by atoms with Crippen LogP contribution < -0.4 is 0 Å². The highest BCUT2D eigenvalue weighted by Gasteiger charge is 2.59. The Balaban J connectivity index is 1.62. The number of hydrogen-bond acceptors (Lipinski definition) is 4. The molecule has 4 fully saturated rings. The van der Waals surface area contributed by atoms with Crippen LogP contribution in [0.3, 0.4) is 0 Å². The second-order valence-electron chi connectivity index (χ2n) is 8.79. The molecule has 0 saturated heterocycles. The molecule has 4 rings (SSSR count). The van der Waals surface area contributed by atoms with Crippen LogP contribution in [0.4, 0.5) is 13.2 Å². The van der Waals surface area contributed by atoms with Gasteiger partial charge in [-0.2, -0.15) is 13.2 Å². The van der Waals surface area contributed by atoms with Gasteiger partial charge in [0.25, 0.3) is 0 Å². The summed E-state index contributed by atoms with van der Waals surface area (Å²) in [5.41, 5.74) is -3.20. The molecule has 4 aliphatic carbocycles. The second kappa shape index (κ2) is 6.41. The van der Waals surface area contributed by atoms with Crippen LogP contribution >= 0.6 is 0 Å². The Morgan fingerprint density at radius 2 is 1.50 bits per heavy atom. The van der Waals surface area contributed by atoms with Crippen LogP contribution in [0, 0.1) is 29.1 Å². The minimum atomic E-state index is -4.74. The Hall–Kier alpha value is -1.27. The maximum Gasteiger partial charge on any atom is 0.404 e. The van der Waals surface area contributed by atoms with Crippen molar-refractivity contribution in [1.82, 2.24) is 0 Å². The van der Waals surface area contributed by atoms with E-state index in [4.69, 9.17) is 4.74 Å². The van der Waals surface area contributed by atoms with Gasteiger partial charge in [0.05, 0.1) is 0 Å². The van der Waals surface area contributed by atoms with Crippen LogP contribution in [0.1, 0.15) is 59.3 Å². The third-order valence-electron chi connectivity index (χ3n) is 6.92. The maximum absolute atomic E-state index is 12.9. The minimum Gasteiger partial charge on any atom is -0.456 e. The maximum atomic E-state index is 12.9. The summed E-state index contributed by atoms with van der Waals surface area (Å²) in [5.74, 6) is -0.157. The summed E-state index contributed by atoms with van der Waals surface area (Å²) in [6.07, 6.45) is 1.43. The molecule has 0 aromatic carbocycles. The van der Waals surface area contributed by atoms with Gasteiger partial charge in [0, 0.05) is 0 Å². The second-order valence-corrected chi connectivity index (χ2v) is 8.79. The van der Waals surface area contributed by atoms with Gasteiger partial charge < -0.3 is 9.47 Å². The van der Waals surface area contributed by atoms with E-state index in [0.29, 0.717) is 30.1 Å². The standard InChI is InChI=1S/C19H27F3O4/c1-4-18(13-6-11-5-12(8-13)9-14(18)7-11)26-15(23)10-25-16(24)17(2,3)19(20,21)22/h11-14H,4-10H2,1-3H3. The number of halogens is 3. The molecule has 4 saturated carbocycles. The fraction of sp³-hybridized carbons (Fsp3) is 0.895. The van der Waals surface area contributed by atoms with E-state index in [1.807, 2.05) is 6.92 Å². The number of esters is 2. The first kappa shape index (κ1) is 19.5. The Bertz CT molecular complexity index is 554. The van der Waals surface area contributed by atoms with Gasteiger partial charge in [0.15, 0.2) is 12.0 Å². The van der Waals surface area contributed by atoms with Crippen molar-refractivity contribution in [3.8, 4) is 0 Å². The van der Waals surface area contributed by atoms with E-state index < -0.39 is 35.7 Å². The largest absolute Gasteiger partial charge is 0.456 e. The Labute approximate surface area is 151 Å². The van der Waals surface area contributed by atoms with Crippen LogP contribution in [0.5, 0.6) is 0 Å². The molecule has 7 heteroatoms. The molecule has 4 bridgehead atoms. The first-order valence-electron chi connectivity index (χ1n) is 9.45. The van der Waals surface area contributed by atoms with E-state index in [1.54, 1.807) is 0 Å². The highest BCUT2D eigenvalue weighted by Crippen LogP contribution is 2.60. The lowest BCUT2D eigenvalue weighted by molar-refractivity contribution is -0.230. The van der Waals surface area contributed by atoms with Crippen molar-refractivity contribution in [1.29, 1.82) is 0 Å². The molecular weight excluding hydrogens is 349 g/mol. The predicted octanol–water partition coefficient (Wildman–Crippen LogP) is 4.27. The van der Waals surface area contributed by atoms with Gasteiger partial charge in [0.2, 0.25) is 0 Å². The summed E-state index contributed by atoms with van der Waals surface area (Å²) in [6.45, 7) is 2.71. The molecule has 0 unspecified atom stereocenters. The quantitative estimate of drug-likeness (QED) is 0.673. The lowest BCUT2D eigenvalue weighted by atomic mass is 9.49. The smallest absolute Gasteiger partial charge is 0.404 e. The molecular formula is C19H27F3O4. The molecule has 148 valence electrons. The van der Waals surface area contributed by atoms with Crippen LogP contribution in [0.15, 0.2) is 0 Å². The number of ether oxygens (including phenoxy) is 2. The van der Waals surface area contributed by atoms with Crippen LogP contribution in [-0.4, -0.2) is 30.3 Å². The number of alkyl halides is 3. The van der Waals surface area contributed by atoms with Gasteiger partial charge in [-0.1, -0.05) is 6.92 Å². The number of hydrogen-bond donors (Lipinski definition) is 0. The van der Waals surface area contributed by atoms with Crippen molar-refractivity contribution in [2.45, 2.75) is 71.1 Å². The molecule has 4 aliphatic rings. The predicted molar refractivity (Wildman–Crippen MR) is 87.0 cm³/mol. The fourth-order valence-electron chi connectivity index (χ4n) is 5.46. The summed E-state index contributed by atoms with van der Waals surface area (Å²) in [4.78, 5) is 24.1. The first-order chi connectivity index (χ1) is 12.0. The third-order valence-corrected chi connectivity index (χ3v) is 6.92. The number of rotatable bonds is 5. The normalized spacial score (nSPS) is 36.1. The number of carbonyl (C=O) groups is 2. The average Bonchev–Trinajstić information content (AvgIpc) is 2.54. The molecule has 4 nitrogen and oxygen atoms in total. The summed E-state index contributed by atoms with van der Waals surface area (Å²) >= 11 is 0. The molecule has 0 aliphatic heterocycles. The third kappa shape index (κ3) is 3.11. The Morgan fingerprint density at radius 3 is 1.92 bits per heavy atom. The van der Waals surface area contributed by atoms with Gasteiger partial charge in [-0.15, -0.1) is 0 Å². The minimum absolute atomic E-state index is 0.315. The lowest BCUT2D eigenvalue weighted by Crippen LogP contribution is -2.59. The molecule has 0 aromatic rings. The summed E-state index contributed by atoms with van der Waals surface area (Å²) < 4.78 is 49.1. The van der Waals surface area contributed by atoms with E-state index in [2.05, 4.69) is 4.74 Å². The summed E-state index contributed by atoms with van der Waals surface area (Å²) in [7, 11) is 0. The topological polar surface area (TPSA) is 52.6 Å². The monoisotopic (exact) mass is 376 g/mol. The van der Waals surface area contributed by atoms with Gasteiger partial charge in [-0.3, -0.25) is 4.79 Å². The molecule has 0 spiro atoms. The van der Waals surface area contributed by atoms with Crippen molar-refractivity contribution >= 4 is 11.9 Å². The SMILES string of the molecule is CCC1(OC(=O)COC(=O)C(C)(C)C(F)(F)F)C2CC3CC(C2)CC1C3. The van der Waals surface area contributed by atoms with E-state index in [9.17, 15) is 22.8 Å². The zero-order valence-electron chi connectivity index (χ0n) is 15.5. The zero-order chi connectivity index (χ0) is 19.3. The Morgan fingerprint density at radius 1 is 1.00 bits per heavy atom. The number of carbonyl (C=O) groups excluding carboxylic acids is 2. The van der Waals surface area contributed by atoms with Gasteiger partial charge in [-0.05, 0) is 76.0 Å². The van der Waals surface area contributed by atoms with E-state index in [0.717, 1.165) is 39.5 Å². The van der Waals surface area contributed by atoms with Gasteiger partial charge in [-0.25, -0.2) is 4.79 Å². The van der Waals surface area contributed by atoms with Crippen LogP contribution in [-0.2, 0) is 19.1 Å². The van der Waals surface area contributed by atoms with Crippen molar-refractivity contribution in [2.75, 3.05) is 6.61 Å². The van der Waals surface area contributed by atoms with Crippen molar-refractivity contribution in [2.24, 2.45) is 29.1 Å². The van der Waals surface area contributed by atoms with E-state index in [-0.39, 0.29) is 0 Å². The molecule has 26 heavy (non-hydrogen) atoms. The lowest BCUT2D eigenvalue weighted by Gasteiger charge is -2.60. The molecule has 0 amide bonds. The average molecular weight is 376 g/mol. The van der Waals surface area contributed by atoms with E-state index in [1.165, 1.54) is 6.42 Å². The van der Waals surface area contributed by atoms with Crippen molar-refractivity contribution < 1.29 is 32.2 Å². The molecule has 0 radical (unpaired) electrons. The van der Waals surface area contributed by atoms with Crippen LogP contribution in [0.25, 0.3) is 0 Å². The molecule has 0 aromatic heterocycles. The Kier molecular flexibility index (Phi) is 4.81. The van der Waals surface area contributed by atoms with Gasteiger partial charge >= 0.3 is 18.1 Å². The van der Waals surface area contributed by atoms with Crippen LogP contribution in [0.2, 0.25) is 0 Å².